The first-order valence-electron chi connectivity index (χ1n) is 4.19. The van der Waals surface area contributed by atoms with Gasteiger partial charge in [-0.2, -0.15) is 0 Å². The molecule has 2 heterocycles. The van der Waals surface area contributed by atoms with Crippen molar-refractivity contribution in [1.82, 2.24) is 10.3 Å². The molecule has 0 saturated carbocycles. The van der Waals surface area contributed by atoms with Gasteiger partial charge in [0.2, 0.25) is 5.88 Å². The molecular formula is C8H12N2O2S. The predicted octanol–water partition coefficient (Wildman–Crippen LogP) is 0.640. The fourth-order valence-corrected chi connectivity index (χ4v) is 1.73. The molecule has 0 aliphatic carbocycles. The van der Waals surface area contributed by atoms with Gasteiger partial charge in [-0.15, -0.1) is 11.3 Å². The second kappa shape index (κ2) is 4.04. The highest BCUT2D eigenvalue weighted by atomic mass is 32.1. The zero-order valence-corrected chi connectivity index (χ0v) is 8.26. The quantitative estimate of drug-likeness (QED) is 0.774. The largest absolute Gasteiger partial charge is 0.471 e. The van der Waals surface area contributed by atoms with Crippen LogP contribution in [0.25, 0.3) is 0 Å². The van der Waals surface area contributed by atoms with Crippen LogP contribution in [0.15, 0.2) is 5.38 Å². The molecule has 0 atom stereocenters. The molecule has 0 aromatic carbocycles. The normalized spacial score (nSPS) is 17.0. The first-order valence-corrected chi connectivity index (χ1v) is 5.07. The molecule has 5 heteroatoms. The minimum Gasteiger partial charge on any atom is -0.471 e. The molecule has 1 fully saturated rings. The Morgan fingerprint density at radius 1 is 1.69 bits per heavy atom. The van der Waals surface area contributed by atoms with Gasteiger partial charge in [0.05, 0.1) is 12.0 Å². The fourth-order valence-electron chi connectivity index (χ4n) is 1.05. The Balaban J connectivity index is 1.88. The summed E-state index contributed by atoms with van der Waals surface area (Å²) in [6.07, 6.45) is 0.303. The first kappa shape index (κ1) is 8.93. The van der Waals surface area contributed by atoms with E-state index >= 15 is 0 Å². The van der Waals surface area contributed by atoms with E-state index in [2.05, 4.69) is 10.3 Å². The van der Waals surface area contributed by atoms with Crippen molar-refractivity contribution in [2.75, 3.05) is 20.2 Å². The second-order valence-corrected chi connectivity index (χ2v) is 3.85. The molecule has 0 unspecified atom stereocenters. The smallest absolute Gasteiger partial charge is 0.225 e. The van der Waals surface area contributed by atoms with Gasteiger partial charge in [0.25, 0.3) is 0 Å². The molecule has 1 aromatic rings. The maximum Gasteiger partial charge on any atom is 0.225 e. The van der Waals surface area contributed by atoms with Crippen molar-refractivity contribution in [3.8, 4) is 5.88 Å². The number of ether oxygens (including phenoxy) is 2. The summed E-state index contributed by atoms with van der Waals surface area (Å²) in [4.78, 5) is 4.27. The van der Waals surface area contributed by atoms with Crippen LogP contribution in [0, 0.1) is 0 Å². The SMILES string of the molecule is COCc1nc(OC2CNC2)cs1. The predicted molar refractivity (Wildman–Crippen MR) is 50.1 cm³/mol. The molecule has 13 heavy (non-hydrogen) atoms. The van der Waals surface area contributed by atoms with E-state index in [-0.39, 0.29) is 0 Å². The van der Waals surface area contributed by atoms with Crippen molar-refractivity contribution >= 4 is 11.3 Å². The zero-order valence-electron chi connectivity index (χ0n) is 7.45. The number of aromatic nitrogens is 1. The number of hydrogen-bond acceptors (Lipinski definition) is 5. The lowest BCUT2D eigenvalue weighted by atomic mass is 10.2. The van der Waals surface area contributed by atoms with Gasteiger partial charge in [-0.3, -0.25) is 0 Å². The third-order valence-electron chi connectivity index (χ3n) is 1.83. The second-order valence-electron chi connectivity index (χ2n) is 2.91. The maximum absolute atomic E-state index is 5.56. The van der Waals surface area contributed by atoms with Gasteiger partial charge in [0.1, 0.15) is 11.1 Å². The number of rotatable bonds is 4. The Morgan fingerprint density at radius 2 is 2.54 bits per heavy atom. The van der Waals surface area contributed by atoms with E-state index in [0.29, 0.717) is 12.7 Å². The molecule has 0 radical (unpaired) electrons. The molecule has 0 amide bonds. The lowest BCUT2D eigenvalue weighted by Gasteiger charge is -2.26. The Bertz CT molecular complexity index is 273. The van der Waals surface area contributed by atoms with Crippen LogP contribution in [-0.2, 0) is 11.3 Å². The molecule has 0 spiro atoms. The first-order chi connectivity index (χ1) is 6.38. The van der Waals surface area contributed by atoms with Crippen LogP contribution < -0.4 is 10.1 Å². The van der Waals surface area contributed by atoms with Gasteiger partial charge in [-0.1, -0.05) is 0 Å². The van der Waals surface area contributed by atoms with Crippen LogP contribution in [-0.4, -0.2) is 31.3 Å². The summed E-state index contributed by atoms with van der Waals surface area (Å²) in [7, 11) is 1.66. The van der Waals surface area contributed by atoms with Crippen LogP contribution in [0.1, 0.15) is 5.01 Å². The van der Waals surface area contributed by atoms with Crippen molar-refractivity contribution in [3.63, 3.8) is 0 Å². The lowest BCUT2D eigenvalue weighted by molar-refractivity contribution is 0.135. The van der Waals surface area contributed by atoms with Gasteiger partial charge in [-0.05, 0) is 0 Å². The molecule has 1 aliphatic heterocycles. The highest BCUT2D eigenvalue weighted by Crippen LogP contribution is 2.18. The topological polar surface area (TPSA) is 43.4 Å². The van der Waals surface area contributed by atoms with Crippen molar-refractivity contribution in [2.24, 2.45) is 0 Å². The third kappa shape index (κ3) is 2.18. The van der Waals surface area contributed by atoms with Crippen molar-refractivity contribution < 1.29 is 9.47 Å². The summed E-state index contributed by atoms with van der Waals surface area (Å²) in [6, 6.07) is 0. The molecule has 1 saturated heterocycles. The summed E-state index contributed by atoms with van der Waals surface area (Å²) in [5.41, 5.74) is 0. The number of methoxy groups -OCH3 is 1. The summed E-state index contributed by atoms with van der Waals surface area (Å²) < 4.78 is 10.5. The Morgan fingerprint density at radius 3 is 3.15 bits per heavy atom. The van der Waals surface area contributed by atoms with Crippen LogP contribution in [0.4, 0.5) is 0 Å². The van der Waals surface area contributed by atoms with Crippen molar-refractivity contribution in [2.45, 2.75) is 12.7 Å². The van der Waals surface area contributed by atoms with Crippen LogP contribution in [0.2, 0.25) is 0 Å². The van der Waals surface area contributed by atoms with E-state index in [1.807, 2.05) is 5.38 Å². The summed E-state index contributed by atoms with van der Waals surface area (Å²) in [6.45, 7) is 2.42. The number of thiazole rings is 1. The maximum atomic E-state index is 5.56. The lowest BCUT2D eigenvalue weighted by Crippen LogP contribution is -2.50. The van der Waals surface area contributed by atoms with Gasteiger partial charge >= 0.3 is 0 Å². The Labute approximate surface area is 80.9 Å². The molecule has 1 N–H and O–H groups in total. The molecule has 4 nitrogen and oxygen atoms in total. The summed E-state index contributed by atoms with van der Waals surface area (Å²) in [5.74, 6) is 0.726. The molecule has 1 aliphatic rings. The minimum absolute atomic E-state index is 0.303. The molecule has 2 rings (SSSR count). The Hall–Kier alpha value is -0.650. The highest BCUT2D eigenvalue weighted by Gasteiger charge is 2.19. The Kier molecular flexibility index (Phi) is 2.77. The van der Waals surface area contributed by atoms with E-state index in [4.69, 9.17) is 9.47 Å². The monoisotopic (exact) mass is 200 g/mol. The zero-order chi connectivity index (χ0) is 9.10. The van der Waals surface area contributed by atoms with Crippen LogP contribution >= 0.6 is 11.3 Å². The number of nitrogens with zero attached hydrogens (tertiary/aromatic N) is 1. The average Bonchev–Trinajstić information content (AvgIpc) is 2.46. The van der Waals surface area contributed by atoms with E-state index in [1.165, 1.54) is 0 Å². The minimum atomic E-state index is 0.303. The standard InChI is InChI=1S/C8H12N2O2S/c1-11-4-8-10-7(5-13-8)12-6-2-9-3-6/h5-6,9H,2-4H2,1H3. The van der Waals surface area contributed by atoms with E-state index in [9.17, 15) is 0 Å². The summed E-state index contributed by atoms with van der Waals surface area (Å²) >= 11 is 1.57. The van der Waals surface area contributed by atoms with Crippen LogP contribution in [0.5, 0.6) is 5.88 Å². The third-order valence-corrected chi connectivity index (χ3v) is 2.63. The number of hydrogen-bond donors (Lipinski definition) is 1. The van der Waals surface area contributed by atoms with Gasteiger partial charge in [0, 0.05) is 20.2 Å². The average molecular weight is 200 g/mol. The van der Waals surface area contributed by atoms with E-state index < -0.39 is 0 Å². The van der Waals surface area contributed by atoms with Crippen molar-refractivity contribution in [3.05, 3.63) is 10.4 Å². The molecule has 1 aromatic heterocycles. The molecular weight excluding hydrogens is 188 g/mol. The highest BCUT2D eigenvalue weighted by molar-refractivity contribution is 7.09. The van der Waals surface area contributed by atoms with Gasteiger partial charge < -0.3 is 14.8 Å². The van der Waals surface area contributed by atoms with Crippen LogP contribution in [0.3, 0.4) is 0 Å². The van der Waals surface area contributed by atoms with Gasteiger partial charge in [-0.25, -0.2) is 4.98 Å². The van der Waals surface area contributed by atoms with Gasteiger partial charge in [0.15, 0.2) is 0 Å². The number of nitrogens with one attached hydrogen (secondary N) is 1. The molecule has 0 bridgehead atoms. The van der Waals surface area contributed by atoms with Crippen molar-refractivity contribution in [1.29, 1.82) is 0 Å². The molecule has 72 valence electrons. The summed E-state index contributed by atoms with van der Waals surface area (Å²) in [5, 5.41) is 6.03. The van der Waals surface area contributed by atoms with E-state index in [0.717, 1.165) is 24.0 Å². The fraction of sp³-hybridized carbons (Fsp3) is 0.625. The van der Waals surface area contributed by atoms with E-state index in [1.54, 1.807) is 18.4 Å².